The average molecular weight is 473 g/mol. The molecule has 0 aromatic heterocycles. The lowest BCUT2D eigenvalue weighted by Gasteiger charge is -2.22. The largest absolute Gasteiger partial charge is 0.485 e. The summed E-state index contributed by atoms with van der Waals surface area (Å²) in [6.45, 7) is -0.608. The topological polar surface area (TPSA) is 122 Å². The fourth-order valence-corrected chi connectivity index (χ4v) is 5.42. The zero-order valence-electron chi connectivity index (χ0n) is 16.2. The first-order chi connectivity index (χ1) is 15.0. The molecule has 1 heterocycles. The highest BCUT2D eigenvalue weighted by molar-refractivity contribution is 7.89. The number of halogens is 3. The van der Waals surface area contributed by atoms with Crippen molar-refractivity contribution in [3.05, 3.63) is 53.6 Å². The molecular formula is C20H18F3NO7S. The molecule has 32 heavy (non-hydrogen) atoms. The van der Waals surface area contributed by atoms with Crippen LogP contribution in [0.1, 0.15) is 23.5 Å². The number of carbonyl (C=O) groups is 1. The zero-order chi connectivity index (χ0) is 23.3. The van der Waals surface area contributed by atoms with Gasteiger partial charge in [0.2, 0.25) is 10.0 Å². The number of para-hydroxylation sites is 1. The van der Waals surface area contributed by atoms with Crippen molar-refractivity contribution in [3.8, 4) is 11.5 Å². The summed E-state index contributed by atoms with van der Waals surface area (Å²) in [4.78, 5) is 10.2. The van der Waals surface area contributed by atoms with Gasteiger partial charge in [-0.05, 0) is 24.3 Å². The van der Waals surface area contributed by atoms with Crippen LogP contribution in [0.4, 0.5) is 13.2 Å². The van der Waals surface area contributed by atoms with Crippen LogP contribution in [0.5, 0.6) is 11.5 Å². The van der Waals surface area contributed by atoms with Gasteiger partial charge in [0, 0.05) is 17.9 Å². The van der Waals surface area contributed by atoms with Crippen molar-refractivity contribution in [1.82, 2.24) is 4.72 Å². The molecular weight excluding hydrogens is 455 g/mol. The van der Waals surface area contributed by atoms with Crippen molar-refractivity contribution in [1.29, 1.82) is 0 Å². The normalized spacial score (nSPS) is 24.5. The number of aliphatic hydroxyl groups is 1. The molecule has 12 heteroatoms. The summed E-state index contributed by atoms with van der Waals surface area (Å²) < 4.78 is 78.0. The minimum absolute atomic E-state index is 0.0630. The van der Waals surface area contributed by atoms with Gasteiger partial charge in [0.05, 0.1) is 22.6 Å². The maximum absolute atomic E-state index is 13.0. The molecule has 172 valence electrons. The molecule has 0 amide bonds. The Kier molecular flexibility index (Phi) is 5.55. The molecule has 2 aromatic carbocycles. The number of benzene rings is 2. The summed E-state index contributed by atoms with van der Waals surface area (Å²) in [5.41, 5.74) is -0.605. The molecule has 1 fully saturated rings. The summed E-state index contributed by atoms with van der Waals surface area (Å²) in [6.07, 6.45) is -6.42. The van der Waals surface area contributed by atoms with Crippen LogP contribution < -0.4 is 14.2 Å². The monoisotopic (exact) mass is 473 g/mol. The second-order valence-corrected chi connectivity index (χ2v) is 9.23. The number of fused-ring (bicyclic) bond motifs is 3. The molecule has 4 rings (SSSR count). The van der Waals surface area contributed by atoms with Crippen molar-refractivity contribution >= 4 is 16.0 Å². The molecule has 1 aliphatic carbocycles. The van der Waals surface area contributed by atoms with E-state index in [9.17, 15) is 31.5 Å². The third-order valence-corrected chi connectivity index (χ3v) is 6.88. The van der Waals surface area contributed by atoms with Gasteiger partial charge in [-0.3, -0.25) is 0 Å². The van der Waals surface area contributed by atoms with Gasteiger partial charge >= 0.3 is 12.1 Å². The van der Waals surface area contributed by atoms with E-state index in [1.54, 1.807) is 12.1 Å². The van der Waals surface area contributed by atoms with Crippen LogP contribution in [0, 0.1) is 0 Å². The Morgan fingerprint density at radius 1 is 1.22 bits per heavy atom. The molecule has 0 bridgehead atoms. The van der Waals surface area contributed by atoms with Gasteiger partial charge in [-0.15, -0.1) is 0 Å². The van der Waals surface area contributed by atoms with Crippen molar-refractivity contribution in [2.24, 2.45) is 0 Å². The quantitative estimate of drug-likeness (QED) is 0.588. The number of ether oxygens (including phenoxy) is 2. The van der Waals surface area contributed by atoms with Crippen molar-refractivity contribution < 1.29 is 46.1 Å². The van der Waals surface area contributed by atoms with Crippen molar-refractivity contribution in [2.75, 3.05) is 6.61 Å². The Morgan fingerprint density at radius 2 is 1.94 bits per heavy atom. The summed E-state index contributed by atoms with van der Waals surface area (Å²) in [5.74, 6) is -1.43. The lowest BCUT2D eigenvalue weighted by molar-refractivity contribution is -0.139. The smallest absolute Gasteiger partial charge is 0.416 e. The van der Waals surface area contributed by atoms with Crippen LogP contribution in [-0.2, 0) is 21.0 Å². The van der Waals surface area contributed by atoms with Crippen molar-refractivity contribution in [2.45, 2.75) is 41.7 Å². The molecule has 0 spiro atoms. The van der Waals surface area contributed by atoms with E-state index in [0.29, 0.717) is 11.6 Å². The molecule has 0 saturated heterocycles. The van der Waals surface area contributed by atoms with E-state index in [1.165, 1.54) is 6.07 Å². The zero-order valence-corrected chi connectivity index (χ0v) is 17.1. The molecule has 4 unspecified atom stereocenters. The Bertz CT molecular complexity index is 1150. The number of aliphatic hydroxyl groups excluding tert-OH is 1. The summed E-state index contributed by atoms with van der Waals surface area (Å²) in [7, 11) is -4.41. The number of nitrogens with one attached hydrogen (secondary N) is 1. The maximum Gasteiger partial charge on any atom is 0.416 e. The number of rotatable bonds is 6. The molecule has 4 atom stereocenters. The molecule has 1 aliphatic heterocycles. The van der Waals surface area contributed by atoms with Gasteiger partial charge in [-0.1, -0.05) is 18.2 Å². The fourth-order valence-electron chi connectivity index (χ4n) is 4.08. The van der Waals surface area contributed by atoms with Gasteiger partial charge in [-0.2, -0.15) is 13.2 Å². The third-order valence-electron chi connectivity index (χ3n) is 5.43. The highest BCUT2D eigenvalue weighted by atomic mass is 32.2. The van der Waals surface area contributed by atoms with E-state index in [-0.39, 0.29) is 17.9 Å². The van der Waals surface area contributed by atoms with Crippen LogP contribution in [-0.4, -0.2) is 49.5 Å². The molecule has 2 aliphatic rings. The molecule has 2 aromatic rings. The molecule has 0 radical (unpaired) electrons. The molecule has 8 nitrogen and oxygen atoms in total. The minimum Gasteiger partial charge on any atom is -0.485 e. The average Bonchev–Trinajstić information content (AvgIpc) is 3.21. The lowest BCUT2D eigenvalue weighted by atomic mass is 9.94. The second kappa shape index (κ2) is 7.94. The Hall–Kier alpha value is -2.83. The summed E-state index contributed by atoms with van der Waals surface area (Å²) in [5, 5.41) is 19.3. The van der Waals surface area contributed by atoms with E-state index in [0.717, 1.165) is 18.2 Å². The Labute approximate surface area is 180 Å². The number of carboxylic acids is 1. The standard InChI is InChI=1S/C20H18F3NO7S/c21-20(22,23)10-3-1-4-11(7-10)32(28,29)24-18-13(25)8-15-17(18)12-5-2-6-14(19(12)31-15)30-9-16(26)27/h1-7,13,15,17-18,24-25H,8-9H2,(H,26,27). The van der Waals surface area contributed by atoms with Crippen LogP contribution in [0.3, 0.4) is 0 Å². The molecule has 1 saturated carbocycles. The fraction of sp³-hybridized carbons (Fsp3) is 0.350. The first-order valence-corrected chi connectivity index (χ1v) is 11.0. The van der Waals surface area contributed by atoms with E-state index >= 15 is 0 Å². The summed E-state index contributed by atoms with van der Waals surface area (Å²) >= 11 is 0. The lowest BCUT2D eigenvalue weighted by Crippen LogP contribution is -2.43. The molecule has 3 N–H and O–H groups in total. The number of aliphatic carboxylic acids is 1. The van der Waals surface area contributed by atoms with Crippen LogP contribution in [0.25, 0.3) is 0 Å². The number of hydrogen-bond acceptors (Lipinski definition) is 6. The highest BCUT2D eigenvalue weighted by Crippen LogP contribution is 2.51. The van der Waals surface area contributed by atoms with Gasteiger partial charge in [0.1, 0.15) is 6.10 Å². The van der Waals surface area contributed by atoms with Gasteiger partial charge in [-0.25, -0.2) is 17.9 Å². The van der Waals surface area contributed by atoms with Gasteiger partial charge in [0.15, 0.2) is 18.1 Å². The van der Waals surface area contributed by atoms with Gasteiger partial charge in [0.25, 0.3) is 0 Å². The van der Waals surface area contributed by atoms with E-state index in [2.05, 4.69) is 4.72 Å². The van der Waals surface area contributed by atoms with Crippen LogP contribution >= 0.6 is 0 Å². The van der Waals surface area contributed by atoms with Crippen LogP contribution in [0.15, 0.2) is 47.4 Å². The second-order valence-electron chi connectivity index (χ2n) is 7.51. The first-order valence-electron chi connectivity index (χ1n) is 9.49. The highest BCUT2D eigenvalue weighted by Gasteiger charge is 2.51. The van der Waals surface area contributed by atoms with Crippen molar-refractivity contribution in [3.63, 3.8) is 0 Å². The van der Waals surface area contributed by atoms with Crippen LogP contribution in [0.2, 0.25) is 0 Å². The van der Waals surface area contributed by atoms with Gasteiger partial charge < -0.3 is 19.7 Å². The summed E-state index contributed by atoms with van der Waals surface area (Å²) in [6, 6.07) is 6.95. The number of carboxylic acid groups (broad SMARTS) is 1. The third kappa shape index (κ3) is 4.12. The maximum atomic E-state index is 13.0. The van der Waals surface area contributed by atoms with E-state index < -0.39 is 63.4 Å². The predicted octanol–water partition coefficient (Wildman–Crippen LogP) is 2.13. The SMILES string of the molecule is O=C(O)COc1cccc2c1OC1CC(O)C(NS(=O)(=O)c3cccc(C(F)(F)F)c3)C21. The number of sulfonamides is 1. The van der Waals surface area contributed by atoms with E-state index in [1.807, 2.05) is 0 Å². The minimum atomic E-state index is -4.71. The Balaban J connectivity index is 1.63. The van der Waals surface area contributed by atoms with E-state index in [4.69, 9.17) is 14.6 Å². The first kappa shape index (κ1) is 22.4. The number of hydrogen-bond donors (Lipinski definition) is 3. The Morgan fingerprint density at radius 3 is 2.62 bits per heavy atom. The number of alkyl halides is 3. The predicted molar refractivity (Wildman–Crippen MR) is 103 cm³/mol.